The van der Waals surface area contributed by atoms with Crippen LogP contribution in [0.2, 0.25) is 5.02 Å². The Morgan fingerprint density at radius 1 is 1.30 bits per heavy atom. The third-order valence-electron chi connectivity index (χ3n) is 3.80. The van der Waals surface area contributed by atoms with Crippen LogP contribution in [0.4, 0.5) is 5.69 Å². The van der Waals surface area contributed by atoms with Gasteiger partial charge < -0.3 is 14.5 Å². The van der Waals surface area contributed by atoms with Crippen molar-refractivity contribution in [3.8, 4) is 11.4 Å². The van der Waals surface area contributed by atoms with E-state index in [1.165, 1.54) is 11.8 Å². The molecule has 1 amide bonds. The highest BCUT2D eigenvalue weighted by Crippen LogP contribution is 2.27. The molecule has 0 spiro atoms. The molecule has 9 heteroatoms. The fourth-order valence-corrected chi connectivity index (χ4v) is 3.35. The summed E-state index contributed by atoms with van der Waals surface area (Å²) < 4.78 is 12.5. The van der Waals surface area contributed by atoms with Gasteiger partial charge in [0.15, 0.2) is 11.0 Å². The van der Waals surface area contributed by atoms with E-state index in [0.29, 0.717) is 34.8 Å². The van der Waals surface area contributed by atoms with Gasteiger partial charge in [-0.3, -0.25) is 9.36 Å². The molecule has 2 heterocycles. The lowest BCUT2D eigenvalue weighted by molar-refractivity contribution is -0.113. The Kier molecular flexibility index (Phi) is 6.54. The van der Waals surface area contributed by atoms with Crippen LogP contribution in [-0.4, -0.2) is 40.1 Å². The van der Waals surface area contributed by atoms with Crippen LogP contribution in [0.5, 0.6) is 0 Å². The number of furan rings is 1. The van der Waals surface area contributed by atoms with Crippen LogP contribution in [0.1, 0.15) is 5.76 Å². The van der Waals surface area contributed by atoms with Crippen LogP contribution < -0.4 is 5.32 Å². The van der Waals surface area contributed by atoms with Gasteiger partial charge >= 0.3 is 0 Å². The molecule has 0 atom stereocenters. The Hall–Kier alpha value is -2.29. The standard InChI is InChI=1S/C18H19ClN4O3S/c1-12-15(7-9-26-12)17-21-22-18(23(17)8-10-25-2)27-11-16(24)20-14-5-3-13(19)4-6-14/h3-7,9H,8,10-11H2,1-2H3,(H,20,24). The van der Waals surface area contributed by atoms with Crippen molar-refractivity contribution in [3.05, 3.63) is 47.4 Å². The molecule has 0 saturated carbocycles. The molecule has 3 aromatic rings. The van der Waals surface area contributed by atoms with E-state index in [1.54, 1.807) is 37.6 Å². The first-order valence-electron chi connectivity index (χ1n) is 8.23. The van der Waals surface area contributed by atoms with Gasteiger partial charge in [0.25, 0.3) is 0 Å². The molecule has 142 valence electrons. The fourth-order valence-electron chi connectivity index (χ4n) is 2.46. The summed E-state index contributed by atoms with van der Waals surface area (Å²) in [7, 11) is 1.64. The number of carbonyl (C=O) groups is 1. The van der Waals surface area contributed by atoms with Crippen molar-refractivity contribution in [2.24, 2.45) is 0 Å². The number of anilines is 1. The third kappa shape index (κ3) is 4.91. The summed E-state index contributed by atoms with van der Waals surface area (Å²) in [5.74, 6) is 1.53. The zero-order chi connectivity index (χ0) is 19.2. The number of nitrogens with one attached hydrogen (secondary N) is 1. The minimum Gasteiger partial charge on any atom is -0.469 e. The number of nitrogens with zero attached hydrogens (tertiary/aromatic N) is 3. The Morgan fingerprint density at radius 2 is 2.07 bits per heavy atom. The summed E-state index contributed by atoms with van der Waals surface area (Å²) in [6.07, 6.45) is 1.62. The number of rotatable bonds is 8. The molecule has 0 aliphatic carbocycles. The van der Waals surface area contributed by atoms with Crippen molar-refractivity contribution in [2.75, 3.05) is 24.8 Å². The molecule has 7 nitrogen and oxygen atoms in total. The predicted octanol–water partition coefficient (Wildman–Crippen LogP) is 3.88. The van der Waals surface area contributed by atoms with E-state index < -0.39 is 0 Å². The third-order valence-corrected chi connectivity index (χ3v) is 5.01. The highest BCUT2D eigenvalue weighted by atomic mass is 35.5. The van der Waals surface area contributed by atoms with Gasteiger partial charge in [0.1, 0.15) is 5.76 Å². The van der Waals surface area contributed by atoms with Crippen LogP contribution in [0, 0.1) is 6.92 Å². The van der Waals surface area contributed by atoms with Gasteiger partial charge in [-0.25, -0.2) is 0 Å². The van der Waals surface area contributed by atoms with Gasteiger partial charge in [-0.1, -0.05) is 23.4 Å². The highest BCUT2D eigenvalue weighted by Gasteiger charge is 2.18. The Bertz CT molecular complexity index is 908. The second-order valence-corrected chi connectivity index (χ2v) is 7.06. The molecule has 0 bridgehead atoms. The number of ether oxygens (including phenoxy) is 1. The van der Waals surface area contributed by atoms with Crippen molar-refractivity contribution in [1.29, 1.82) is 0 Å². The van der Waals surface area contributed by atoms with Crippen LogP contribution in [0.3, 0.4) is 0 Å². The Morgan fingerprint density at radius 3 is 2.74 bits per heavy atom. The molecular weight excluding hydrogens is 388 g/mol. The normalized spacial score (nSPS) is 10.9. The van der Waals surface area contributed by atoms with Crippen LogP contribution >= 0.6 is 23.4 Å². The minimum absolute atomic E-state index is 0.135. The number of halogens is 1. The number of methoxy groups -OCH3 is 1. The maximum Gasteiger partial charge on any atom is 0.234 e. The van der Waals surface area contributed by atoms with E-state index in [4.69, 9.17) is 20.8 Å². The van der Waals surface area contributed by atoms with E-state index in [-0.39, 0.29) is 11.7 Å². The number of benzene rings is 1. The minimum atomic E-state index is -0.135. The van der Waals surface area contributed by atoms with Crippen molar-refractivity contribution in [1.82, 2.24) is 14.8 Å². The molecule has 0 radical (unpaired) electrons. The molecule has 1 aromatic carbocycles. The van der Waals surface area contributed by atoms with E-state index in [1.807, 2.05) is 17.6 Å². The topological polar surface area (TPSA) is 82.2 Å². The van der Waals surface area contributed by atoms with E-state index in [9.17, 15) is 4.79 Å². The number of amides is 1. The Balaban J connectivity index is 1.70. The van der Waals surface area contributed by atoms with Crippen LogP contribution in [0.15, 0.2) is 46.2 Å². The molecule has 3 rings (SSSR count). The average Bonchev–Trinajstić information content (AvgIpc) is 3.25. The summed E-state index contributed by atoms with van der Waals surface area (Å²) in [4.78, 5) is 12.2. The molecule has 1 N–H and O–H groups in total. The zero-order valence-corrected chi connectivity index (χ0v) is 16.5. The van der Waals surface area contributed by atoms with Crippen LogP contribution in [-0.2, 0) is 16.1 Å². The fraction of sp³-hybridized carbons (Fsp3) is 0.278. The monoisotopic (exact) mass is 406 g/mol. The quantitative estimate of drug-likeness (QED) is 0.572. The summed E-state index contributed by atoms with van der Waals surface area (Å²) >= 11 is 7.17. The molecule has 0 unspecified atom stereocenters. The van der Waals surface area contributed by atoms with Gasteiger partial charge in [0.05, 0.1) is 30.7 Å². The number of aryl methyl sites for hydroxylation is 1. The lowest BCUT2D eigenvalue weighted by atomic mass is 10.2. The van der Waals surface area contributed by atoms with E-state index in [0.717, 1.165) is 11.3 Å². The summed E-state index contributed by atoms with van der Waals surface area (Å²) in [5.41, 5.74) is 1.57. The largest absolute Gasteiger partial charge is 0.469 e. The zero-order valence-electron chi connectivity index (χ0n) is 14.9. The Labute approximate surface area is 166 Å². The maximum atomic E-state index is 12.2. The first-order chi connectivity index (χ1) is 13.1. The number of thioether (sulfide) groups is 1. The first-order valence-corrected chi connectivity index (χ1v) is 9.59. The number of aromatic nitrogens is 3. The van der Waals surface area contributed by atoms with Gasteiger partial charge in [-0.15, -0.1) is 10.2 Å². The molecule has 0 fully saturated rings. The lowest BCUT2D eigenvalue weighted by Crippen LogP contribution is -2.15. The smallest absolute Gasteiger partial charge is 0.234 e. The average molecular weight is 407 g/mol. The number of hydrogen-bond donors (Lipinski definition) is 1. The molecule has 0 saturated heterocycles. The van der Waals surface area contributed by atoms with Gasteiger partial charge in [-0.05, 0) is 37.3 Å². The predicted molar refractivity (Wildman–Crippen MR) is 105 cm³/mol. The van der Waals surface area contributed by atoms with Gasteiger partial charge in [-0.2, -0.15) is 0 Å². The van der Waals surface area contributed by atoms with E-state index >= 15 is 0 Å². The van der Waals surface area contributed by atoms with Crippen molar-refractivity contribution >= 4 is 35.0 Å². The number of hydrogen-bond acceptors (Lipinski definition) is 6. The van der Waals surface area contributed by atoms with Crippen molar-refractivity contribution in [3.63, 3.8) is 0 Å². The molecular formula is C18H19ClN4O3S. The molecule has 2 aromatic heterocycles. The second-order valence-electron chi connectivity index (χ2n) is 5.68. The lowest BCUT2D eigenvalue weighted by Gasteiger charge is -2.09. The van der Waals surface area contributed by atoms with Crippen molar-refractivity contribution in [2.45, 2.75) is 18.6 Å². The second kappa shape index (κ2) is 9.07. The first kappa shape index (κ1) is 19.5. The van der Waals surface area contributed by atoms with Gasteiger partial charge in [0.2, 0.25) is 5.91 Å². The van der Waals surface area contributed by atoms with Gasteiger partial charge in [0, 0.05) is 17.8 Å². The van der Waals surface area contributed by atoms with E-state index in [2.05, 4.69) is 15.5 Å². The summed E-state index contributed by atoms with van der Waals surface area (Å²) in [6, 6.07) is 8.82. The van der Waals surface area contributed by atoms with Crippen LogP contribution in [0.25, 0.3) is 11.4 Å². The number of carbonyl (C=O) groups excluding carboxylic acids is 1. The highest BCUT2D eigenvalue weighted by molar-refractivity contribution is 7.99. The molecule has 27 heavy (non-hydrogen) atoms. The van der Waals surface area contributed by atoms with Crippen molar-refractivity contribution < 1.29 is 13.9 Å². The maximum absolute atomic E-state index is 12.2. The SMILES string of the molecule is COCCn1c(SCC(=O)Nc2ccc(Cl)cc2)nnc1-c1ccoc1C. The molecule has 0 aliphatic rings. The summed E-state index contributed by atoms with van der Waals surface area (Å²) in [6.45, 7) is 2.95. The molecule has 0 aliphatic heterocycles. The summed E-state index contributed by atoms with van der Waals surface area (Å²) in [5, 5.41) is 12.6.